The van der Waals surface area contributed by atoms with Crippen LogP contribution in [0.1, 0.15) is 316 Å². The van der Waals surface area contributed by atoms with Gasteiger partial charge in [-0.3, -0.25) is 14.4 Å². The lowest BCUT2D eigenvalue weighted by Gasteiger charge is -2.18. The second-order valence-electron chi connectivity index (χ2n) is 19.9. The van der Waals surface area contributed by atoms with Crippen LogP contribution in [0.15, 0.2) is 36.5 Å². The van der Waals surface area contributed by atoms with E-state index in [-0.39, 0.29) is 31.1 Å². The standard InChI is InChI=1S/C61H112O6/c1-4-7-10-13-16-19-22-24-26-28-30-31-33-34-36-39-42-45-48-51-54-60(63)66-57-58(56-65-59(62)53-50-47-44-41-38-21-18-15-12-9-6-3)67-61(64)55-52-49-46-43-40-37-35-32-29-27-25-23-20-17-14-11-8-5-2/h15,18,20,23,27,29,58H,4-14,16-17,19,21-22,24-26,28,30-57H2,1-3H3/b18-15-,23-20-,29-27-. The first-order valence-corrected chi connectivity index (χ1v) is 29.5. The molecule has 67 heavy (non-hydrogen) atoms. The van der Waals surface area contributed by atoms with Crippen LogP contribution in [0.25, 0.3) is 0 Å². The summed E-state index contributed by atoms with van der Waals surface area (Å²) in [4.78, 5) is 38.1. The van der Waals surface area contributed by atoms with Crippen molar-refractivity contribution < 1.29 is 28.6 Å². The van der Waals surface area contributed by atoms with Crippen LogP contribution in [-0.4, -0.2) is 37.2 Å². The van der Waals surface area contributed by atoms with Crippen molar-refractivity contribution >= 4 is 17.9 Å². The SMILES string of the molecule is CCCC/C=C\CCCCCCCC(=O)OCC(COC(=O)CCCCCCCCCCCCCCCCCCCCCC)OC(=O)CCCCCCCCC/C=C\C/C=C\CCCCCC. The molecule has 0 spiro atoms. The van der Waals surface area contributed by atoms with Crippen molar-refractivity contribution in [2.75, 3.05) is 13.2 Å². The molecule has 0 aliphatic heterocycles. The van der Waals surface area contributed by atoms with Crippen molar-refractivity contribution in [1.29, 1.82) is 0 Å². The molecule has 0 rings (SSSR count). The fraction of sp³-hybridized carbons (Fsp3) is 0.852. The van der Waals surface area contributed by atoms with Gasteiger partial charge in [0.2, 0.25) is 0 Å². The number of esters is 3. The number of hydrogen-bond donors (Lipinski definition) is 0. The van der Waals surface area contributed by atoms with Gasteiger partial charge in [0, 0.05) is 19.3 Å². The van der Waals surface area contributed by atoms with Crippen LogP contribution in [0.3, 0.4) is 0 Å². The van der Waals surface area contributed by atoms with Crippen LogP contribution in [0, 0.1) is 0 Å². The highest BCUT2D eigenvalue weighted by Crippen LogP contribution is 2.17. The molecule has 0 aromatic carbocycles. The quantitative estimate of drug-likeness (QED) is 0.0262. The fourth-order valence-electron chi connectivity index (χ4n) is 8.63. The third-order valence-corrected chi connectivity index (χ3v) is 13.1. The Hall–Kier alpha value is -2.37. The van der Waals surface area contributed by atoms with Crippen molar-refractivity contribution in [3.8, 4) is 0 Å². The van der Waals surface area contributed by atoms with Crippen LogP contribution in [0.4, 0.5) is 0 Å². The highest BCUT2D eigenvalue weighted by molar-refractivity contribution is 5.71. The number of unbranched alkanes of at least 4 members (excludes halogenated alkanes) is 37. The van der Waals surface area contributed by atoms with Crippen molar-refractivity contribution in [3.05, 3.63) is 36.5 Å². The summed E-state index contributed by atoms with van der Waals surface area (Å²) in [6, 6.07) is 0. The van der Waals surface area contributed by atoms with E-state index in [1.165, 1.54) is 199 Å². The highest BCUT2D eigenvalue weighted by atomic mass is 16.6. The zero-order valence-electron chi connectivity index (χ0n) is 44.9. The molecule has 1 unspecified atom stereocenters. The van der Waals surface area contributed by atoms with E-state index in [0.717, 1.165) is 77.0 Å². The monoisotopic (exact) mass is 941 g/mol. The van der Waals surface area contributed by atoms with Crippen molar-refractivity contribution in [2.45, 2.75) is 322 Å². The summed E-state index contributed by atoms with van der Waals surface area (Å²) in [6.07, 6.45) is 67.1. The van der Waals surface area contributed by atoms with E-state index in [0.29, 0.717) is 19.3 Å². The summed E-state index contributed by atoms with van der Waals surface area (Å²) in [5.41, 5.74) is 0. The summed E-state index contributed by atoms with van der Waals surface area (Å²) < 4.78 is 16.9. The molecular formula is C61H112O6. The number of carbonyl (C=O) groups excluding carboxylic acids is 3. The summed E-state index contributed by atoms with van der Waals surface area (Å²) in [7, 11) is 0. The number of carbonyl (C=O) groups is 3. The number of rotatable bonds is 54. The van der Waals surface area contributed by atoms with Crippen LogP contribution < -0.4 is 0 Å². The number of allylic oxidation sites excluding steroid dienone is 6. The predicted octanol–water partition coefficient (Wildman–Crippen LogP) is 19.7. The minimum atomic E-state index is -0.777. The Kier molecular flexibility index (Phi) is 54.2. The average Bonchev–Trinajstić information content (AvgIpc) is 3.33. The Bertz CT molecular complexity index is 1130. The van der Waals surface area contributed by atoms with E-state index in [1.807, 2.05) is 0 Å². The third-order valence-electron chi connectivity index (χ3n) is 13.1. The Balaban J connectivity index is 4.29. The molecule has 6 nitrogen and oxygen atoms in total. The maximum atomic E-state index is 12.8. The van der Waals surface area contributed by atoms with E-state index >= 15 is 0 Å². The van der Waals surface area contributed by atoms with Crippen molar-refractivity contribution in [3.63, 3.8) is 0 Å². The second-order valence-corrected chi connectivity index (χ2v) is 19.9. The molecule has 0 saturated carbocycles. The first kappa shape index (κ1) is 64.6. The Morgan fingerprint density at radius 1 is 0.299 bits per heavy atom. The normalized spacial score (nSPS) is 12.2. The summed E-state index contributed by atoms with van der Waals surface area (Å²) in [5.74, 6) is -0.875. The number of ether oxygens (including phenoxy) is 3. The zero-order chi connectivity index (χ0) is 48.6. The second kappa shape index (κ2) is 56.2. The average molecular weight is 942 g/mol. The van der Waals surface area contributed by atoms with Gasteiger partial charge in [-0.25, -0.2) is 0 Å². The Labute approximate surface area is 416 Å². The molecular weight excluding hydrogens is 829 g/mol. The van der Waals surface area contributed by atoms with Gasteiger partial charge in [0.05, 0.1) is 0 Å². The molecule has 0 saturated heterocycles. The summed E-state index contributed by atoms with van der Waals surface area (Å²) in [6.45, 7) is 6.62. The molecule has 0 aromatic heterocycles. The van der Waals surface area contributed by atoms with E-state index in [4.69, 9.17) is 14.2 Å². The summed E-state index contributed by atoms with van der Waals surface area (Å²) >= 11 is 0. The lowest BCUT2D eigenvalue weighted by molar-refractivity contribution is -0.167. The van der Waals surface area contributed by atoms with E-state index < -0.39 is 6.10 Å². The van der Waals surface area contributed by atoms with Crippen LogP contribution in [0.5, 0.6) is 0 Å². The van der Waals surface area contributed by atoms with Crippen molar-refractivity contribution in [1.82, 2.24) is 0 Å². The van der Waals surface area contributed by atoms with Gasteiger partial charge in [0.1, 0.15) is 13.2 Å². The smallest absolute Gasteiger partial charge is 0.306 e. The molecule has 0 bridgehead atoms. The van der Waals surface area contributed by atoms with Gasteiger partial charge in [-0.2, -0.15) is 0 Å². The van der Waals surface area contributed by atoms with E-state index in [1.54, 1.807) is 0 Å². The molecule has 1 atom stereocenters. The lowest BCUT2D eigenvalue weighted by atomic mass is 10.0. The maximum Gasteiger partial charge on any atom is 0.306 e. The minimum absolute atomic E-state index is 0.0745. The first-order valence-electron chi connectivity index (χ1n) is 29.5. The van der Waals surface area contributed by atoms with E-state index in [2.05, 4.69) is 57.2 Å². The lowest BCUT2D eigenvalue weighted by Crippen LogP contribution is -2.30. The van der Waals surface area contributed by atoms with E-state index in [9.17, 15) is 14.4 Å². The van der Waals surface area contributed by atoms with Gasteiger partial charge in [0.15, 0.2) is 6.10 Å². The van der Waals surface area contributed by atoms with Gasteiger partial charge in [-0.05, 0) is 70.6 Å². The zero-order valence-corrected chi connectivity index (χ0v) is 44.9. The number of hydrogen-bond acceptors (Lipinski definition) is 6. The molecule has 0 fully saturated rings. The van der Waals surface area contributed by atoms with Crippen LogP contribution >= 0.6 is 0 Å². The molecule has 392 valence electrons. The molecule has 0 amide bonds. The first-order chi connectivity index (χ1) is 33.0. The Morgan fingerprint density at radius 2 is 0.552 bits per heavy atom. The Morgan fingerprint density at radius 3 is 0.896 bits per heavy atom. The van der Waals surface area contributed by atoms with Gasteiger partial charge in [0.25, 0.3) is 0 Å². The molecule has 0 aromatic rings. The molecule has 0 N–H and O–H groups in total. The van der Waals surface area contributed by atoms with Gasteiger partial charge < -0.3 is 14.2 Å². The molecule has 0 radical (unpaired) electrons. The fourth-order valence-corrected chi connectivity index (χ4v) is 8.63. The van der Waals surface area contributed by atoms with Gasteiger partial charge in [-0.1, -0.05) is 263 Å². The topological polar surface area (TPSA) is 78.9 Å². The largest absolute Gasteiger partial charge is 0.462 e. The maximum absolute atomic E-state index is 12.8. The molecule has 0 aliphatic carbocycles. The highest BCUT2D eigenvalue weighted by Gasteiger charge is 2.19. The van der Waals surface area contributed by atoms with Gasteiger partial charge >= 0.3 is 17.9 Å². The molecule has 6 heteroatoms. The van der Waals surface area contributed by atoms with Crippen LogP contribution in [0.2, 0.25) is 0 Å². The van der Waals surface area contributed by atoms with Crippen molar-refractivity contribution in [2.24, 2.45) is 0 Å². The van der Waals surface area contributed by atoms with Crippen LogP contribution in [-0.2, 0) is 28.6 Å². The molecule has 0 aliphatic rings. The predicted molar refractivity (Wildman–Crippen MR) is 289 cm³/mol. The third kappa shape index (κ3) is 54.4. The van der Waals surface area contributed by atoms with Gasteiger partial charge in [-0.15, -0.1) is 0 Å². The minimum Gasteiger partial charge on any atom is -0.462 e. The summed E-state index contributed by atoms with van der Waals surface area (Å²) in [5, 5.41) is 0. The molecule has 0 heterocycles.